The highest BCUT2D eigenvalue weighted by atomic mass is 35.5. The van der Waals surface area contributed by atoms with Crippen molar-refractivity contribution in [2.45, 2.75) is 19.8 Å². The van der Waals surface area contributed by atoms with Crippen LogP contribution in [-0.2, 0) is 14.8 Å². The summed E-state index contributed by atoms with van der Waals surface area (Å²) < 4.78 is 31.0. The van der Waals surface area contributed by atoms with Gasteiger partial charge in [0.05, 0.1) is 18.5 Å². The van der Waals surface area contributed by atoms with Gasteiger partial charge in [0.15, 0.2) is 0 Å². The zero-order valence-corrected chi connectivity index (χ0v) is 17.6. The average Bonchev–Trinajstić information content (AvgIpc) is 2.63. The Morgan fingerprint density at radius 1 is 1.18 bits per heavy atom. The van der Waals surface area contributed by atoms with Gasteiger partial charge in [-0.15, -0.1) is 0 Å². The van der Waals surface area contributed by atoms with Gasteiger partial charge in [-0.2, -0.15) is 0 Å². The molecule has 8 heteroatoms. The van der Waals surface area contributed by atoms with Crippen molar-refractivity contribution in [3.8, 4) is 5.75 Å². The molecule has 0 spiro atoms. The number of hydrogen-bond donors (Lipinski definition) is 1. The number of halogens is 1. The molecule has 0 unspecified atom stereocenters. The maximum Gasteiger partial charge on any atom is 0.232 e. The first-order valence-corrected chi connectivity index (χ1v) is 11.2. The van der Waals surface area contributed by atoms with E-state index in [2.05, 4.69) is 5.32 Å². The molecule has 6 nitrogen and oxygen atoms in total. The number of nitrogens with zero attached hydrogens (tertiary/aromatic N) is 1. The van der Waals surface area contributed by atoms with Crippen LogP contribution >= 0.6 is 11.6 Å². The molecule has 0 aliphatic heterocycles. The van der Waals surface area contributed by atoms with Crippen molar-refractivity contribution in [2.24, 2.45) is 0 Å². The molecular formula is C20H25ClN2O4S. The van der Waals surface area contributed by atoms with Crippen molar-refractivity contribution in [3.63, 3.8) is 0 Å². The van der Waals surface area contributed by atoms with Crippen molar-refractivity contribution >= 4 is 33.2 Å². The molecule has 0 aromatic heterocycles. The van der Waals surface area contributed by atoms with Crippen LogP contribution in [-0.4, -0.2) is 40.3 Å². The molecule has 0 bridgehead atoms. The largest absolute Gasteiger partial charge is 0.492 e. The molecule has 152 valence electrons. The van der Waals surface area contributed by atoms with E-state index in [9.17, 15) is 13.2 Å². The molecule has 0 saturated heterocycles. The summed E-state index contributed by atoms with van der Waals surface area (Å²) in [6.07, 6.45) is 1.83. The fourth-order valence-electron chi connectivity index (χ4n) is 2.63. The van der Waals surface area contributed by atoms with E-state index in [1.165, 1.54) is 10.6 Å². The maximum absolute atomic E-state index is 12.1. The minimum atomic E-state index is -3.42. The molecule has 1 N–H and O–H groups in total. The predicted octanol–water partition coefficient (Wildman–Crippen LogP) is 3.39. The number of sulfonamides is 1. The summed E-state index contributed by atoms with van der Waals surface area (Å²) in [7, 11) is -3.42. The number of benzene rings is 2. The Morgan fingerprint density at radius 2 is 1.89 bits per heavy atom. The number of amides is 1. The minimum Gasteiger partial charge on any atom is -0.492 e. The van der Waals surface area contributed by atoms with E-state index in [0.29, 0.717) is 36.0 Å². The third-order valence-corrected chi connectivity index (χ3v) is 5.41. The van der Waals surface area contributed by atoms with Crippen LogP contribution in [0.15, 0.2) is 48.5 Å². The second-order valence-corrected chi connectivity index (χ2v) is 8.77. The molecule has 0 aliphatic carbocycles. The Labute approximate surface area is 171 Å². The molecule has 0 aliphatic rings. The van der Waals surface area contributed by atoms with E-state index in [1.54, 1.807) is 30.3 Å². The SMILES string of the molecule is Cc1cccc(N(CCCC(=O)NCCOc2ccc(Cl)cc2)S(C)(=O)=O)c1. The molecule has 0 saturated carbocycles. The molecule has 0 heterocycles. The summed E-state index contributed by atoms with van der Waals surface area (Å²) in [6.45, 7) is 2.86. The van der Waals surface area contributed by atoms with Gasteiger partial charge in [0, 0.05) is 18.0 Å². The van der Waals surface area contributed by atoms with Crippen LogP contribution in [0.2, 0.25) is 5.02 Å². The number of nitrogens with one attached hydrogen (secondary N) is 1. The van der Waals surface area contributed by atoms with Crippen LogP contribution in [0.1, 0.15) is 18.4 Å². The first-order chi connectivity index (χ1) is 13.3. The lowest BCUT2D eigenvalue weighted by atomic mass is 10.2. The van der Waals surface area contributed by atoms with Gasteiger partial charge >= 0.3 is 0 Å². The zero-order chi connectivity index (χ0) is 20.6. The van der Waals surface area contributed by atoms with E-state index >= 15 is 0 Å². The van der Waals surface area contributed by atoms with Gasteiger partial charge < -0.3 is 10.1 Å². The summed E-state index contributed by atoms with van der Waals surface area (Å²) in [6, 6.07) is 14.3. The van der Waals surface area contributed by atoms with Crippen LogP contribution in [0.5, 0.6) is 5.75 Å². The average molecular weight is 425 g/mol. The van der Waals surface area contributed by atoms with Crippen molar-refractivity contribution in [1.29, 1.82) is 0 Å². The molecule has 0 fully saturated rings. The Hall–Kier alpha value is -2.25. The highest BCUT2D eigenvalue weighted by molar-refractivity contribution is 7.92. The van der Waals surface area contributed by atoms with Crippen molar-refractivity contribution < 1.29 is 17.9 Å². The number of aryl methyl sites for hydroxylation is 1. The van der Waals surface area contributed by atoms with Crippen LogP contribution in [0.25, 0.3) is 0 Å². The van der Waals surface area contributed by atoms with Gasteiger partial charge in [0.25, 0.3) is 0 Å². The van der Waals surface area contributed by atoms with Crippen LogP contribution in [0.3, 0.4) is 0 Å². The quantitative estimate of drug-likeness (QED) is 0.593. The smallest absolute Gasteiger partial charge is 0.232 e. The third-order valence-electron chi connectivity index (χ3n) is 3.96. The Morgan fingerprint density at radius 3 is 2.54 bits per heavy atom. The Kier molecular flexibility index (Phi) is 8.14. The van der Waals surface area contributed by atoms with Crippen molar-refractivity contribution in [2.75, 3.05) is 30.3 Å². The molecule has 2 aromatic carbocycles. The van der Waals surface area contributed by atoms with Crippen molar-refractivity contribution in [1.82, 2.24) is 5.32 Å². The standard InChI is InChI=1S/C20H25ClN2O4S/c1-16-5-3-6-18(15-16)23(28(2,25)26)13-4-7-20(24)22-12-14-27-19-10-8-17(21)9-11-19/h3,5-6,8-11,15H,4,7,12-14H2,1-2H3,(H,22,24). The molecule has 0 atom stereocenters. The Bertz CT molecular complexity index is 885. The maximum atomic E-state index is 12.1. The molecule has 0 radical (unpaired) electrons. The zero-order valence-electron chi connectivity index (χ0n) is 16.0. The van der Waals surface area contributed by atoms with Gasteiger partial charge in [-0.25, -0.2) is 8.42 Å². The number of rotatable bonds is 10. The molecular weight excluding hydrogens is 400 g/mol. The van der Waals surface area contributed by atoms with Crippen molar-refractivity contribution in [3.05, 3.63) is 59.1 Å². The summed E-state index contributed by atoms with van der Waals surface area (Å²) in [5.74, 6) is 0.540. The number of carbonyl (C=O) groups excluding carboxylic acids is 1. The first kappa shape index (κ1) is 22.0. The van der Waals surface area contributed by atoms with Gasteiger partial charge in [-0.05, 0) is 55.3 Å². The molecule has 1 amide bonds. The summed E-state index contributed by atoms with van der Waals surface area (Å²) >= 11 is 5.81. The fraction of sp³-hybridized carbons (Fsp3) is 0.350. The second-order valence-electron chi connectivity index (χ2n) is 6.43. The van der Waals surface area contributed by atoms with Crippen LogP contribution in [0.4, 0.5) is 5.69 Å². The van der Waals surface area contributed by atoms with E-state index in [0.717, 1.165) is 5.56 Å². The van der Waals surface area contributed by atoms with E-state index in [4.69, 9.17) is 16.3 Å². The third kappa shape index (κ3) is 7.40. The summed E-state index contributed by atoms with van der Waals surface area (Å²) in [5, 5.41) is 3.40. The summed E-state index contributed by atoms with van der Waals surface area (Å²) in [5.41, 5.74) is 1.59. The summed E-state index contributed by atoms with van der Waals surface area (Å²) in [4.78, 5) is 12.0. The van der Waals surface area contributed by atoms with E-state index < -0.39 is 10.0 Å². The topological polar surface area (TPSA) is 75.7 Å². The fourth-order valence-corrected chi connectivity index (χ4v) is 3.71. The molecule has 28 heavy (non-hydrogen) atoms. The Balaban J connectivity index is 1.74. The predicted molar refractivity (Wildman–Crippen MR) is 113 cm³/mol. The lowest BCUT2D eigenvalue weighted by Gasteiger charge is -2.22. The van der Waals surface area contributed by atoms with Crippen LogP contribution in [0, 0.1) is 6.92 Å². The van der Waals surface area contributed by atoms with E-state index in [1.807, 2.05) is 25.1 Å². The highest BCUT2D eigenvalue weighted by Crippen LogP contribution is 2.19. The lowest BCUT2D eigenvalue weighted by molar-refractivity contribution is -0.121. The first-order valence-electron chi connectivity index (χ1n) is 8.95. The number of ether oxygens (including phenoxy) is 1. The number of hydrogen-bond acceptors (Lipinski definition) is 4. The monoisotopic (exact) mass is 424 g/mol. The normalized spacial score (nSPS) is 11.1. The van der Waals surface area contributed by atoms with Gasteiger partial charge in [0.2, 0.25) is 15.9 Å². The molecule has 2 rings (SSSR count). The lowest BCUT2D eigenvalue weighted by Crippen LogP contribution is -2.33. The molecule has 2 aromatic rings. The van der Waals surface area contributed by atoms with Gasteiger partial charge in [-0.3, -0.25) is 9.10 Å². The second kappa shape index (κ2) is 10.3. The highest BCUT2D eigenvalue weighted by Gasteiger charge is 2.17. The number of anilines is 1. The van der Waals surface area contributed by atoms with Gasteiger partial charge in [0.1, 0.15) is 12.4 Å². The van der Waals surface area contributed by atoms with Crippen LogP contribution < -0.4 is 14.4 Å². The minimum absolute atomic E-state index is 0.141. The van der Waals surface area contributed by atoms with Gasteiger partial charge in [-0.1, -0.05) is 23.7 Å². The van der Waals surface area contributed by atoms with E-state index in [-0.39, 0.29) is 18.9 Å². The number of carbonyl (C=O) groups is 1.